The highest BCUT2D eigenvalue weighted by molar-refractivity contribution is 9.10. The molecule has 1 aliphatic rings. The molecule has 1 aromatic rings. The minimum absolute atomic E-state index is 0.0166. The van der Waals surface area contributed by atoms with E-state index in [4.69, 9.17) is 15.2 Å². The summed E-state index contributed by atoms with van der Waals surface area (Å²) in [5.74, 6) is -2.07. The van der Waals surface area contributed by atoms with Gasteiger partial charge in [-0.15, -0.1) is 0 Å². The Hall–Kier alpha value is -2.87. The first kappa shape index (κ1) is 18.5. The van der Waals surface area contributed by atoms with Gasteiger partial charge in [0.2, 0.25) is 5.91 Å². The number of anilines is 1. The minimum atomic E-state index is -0.736. The number of carbonyl (C=O) groups excluding carboxylic acids is 3. The number of hydrogen-bond acceptors (Lipinski definition) is 6. The van der Waals surface area contributed by atoms with Crippen LogP contribution in [0.5, 0.6) is 0 Å². The molecule has 2 rings (SSSR count). The summed E-state index contributed by atoms with van der Waals surface area (Å²) in [6.07, 6.45) is 6.23. The summed E-state index contributed by atoms with van der Waals surface area (Å²) in [6, 6.07) is 4.78. The number of halogens is 1. The maximum Gasteiger partial charge on any atom is 0.355 e. The second kappa shape index (κ2) is 7.80. The van der Waals surface area contributed by atoms with Crippen LogP contribution in [0, 0.1) is 0 Å². The van der Waals surface area contributed by atoms with Gasteiger partial charge in [-0.2, -0.15) is 0 Å². The molecule has 1 amide bonds. The number of esters is 2. The predicted molar refractivity (Wildman–Crippen MR) is 94.5 cm³/mol. The van der Waals surface area contributed by atoms with E-state index in [0.717, 1.165) is 0 Å². The zero-order chi connectivity index (χ0) is 18.6. The molecule has 2 N–H and O–H groups in total. The lowest BCUT2D eigenvalue weighted by molar-refractivity contribution is -0.139. The molecule has 130 valence electrons. The summed E-state index contributed by atoms with van der Waals surface area (Å²) in [7, 11) is 2.42. The number of ether oxygens (including phenoxy) is 2. The monoisotopic (exact) mass is 406 g/mol. The van der Waals surface area contributed by atoms with Crippen molar-refractivity contribution in [2.24, 2.45) is 5.73 Å². The fourth-order valence-corrected chi connectivity index (χ4v) is 2.66. The van der Waals surface area contributed by atoms with Crippen LogP contribution in [-0.4, -0.2) is 32.1 Å². The van der Waals surface area contributed by atoms with Gasteiger partial charge in [0.05, 0.1) is 25.4 Å². The standard InChI is InChI=1S/C17H15BrN2O5/c1-24-16(22)11-5-3-4-8-20(14(11)17(23)25-2)10-6-7-13(18)12(9-10)15(19)21/h3-9H,1-2H3,(H2,19,21). The van der Waals surface area contributed by atoms with Gasteiger partial charge in [0.25, 0.3) is 0 Å². The van der Waals surface area contributed by atoms with Gasteiger partial charge < -0.3 is 20.1 Å². The van der Waals surface area contributed by atoms with Crippen molar-refractivity contribution in [3.05, 3.63) is 63.9 Å². The number of methoxy groups -OCH3 is 2. The second-order valence-electron chi connectivity index (χ2n) is 4.84. The molecule has 0 aliphatic carbocycles. The molecule has 1 heterocycles. The van der Waals surface area contributed by atoms with Crippen LogP contribution < -0.4 is 10.6 Å². The fourth-order valence-electron chi connectivity index (χ4n) is 2.22. The summed E-state index contributed by atoms with van der Waals surface area (Å²) in [6.45, 7) is 0. The van der Waals surface area contributed by atoms with E-state index in [0.29, 0.717) is 10.2 Å². The molecule has 1 aromatic carbocycles. The first-order valence-corrected chi connectivity index (χ1v) is 7.84. The van der Waals surface area contributed by atoms with E-state index in [1.54, 1.807) is 30.5 Å². The molecule has 0 radical (unpaired) electrons. The van der Waals surface area contributed by atoms with Crippen molar-refractivity contribution in [2.45, 2.75) is 0 Å². The number of hydrogen-bond donors (Lipinski definition) is 1. The van der Waals surface area contributed by atoms with E-state index >= 15 is 0 Å². The van der Waals surface area contributed by atoms with Gasteiger partial charge in [-0.25, -0.2) is 9.59 Å². The third-order valence-electron chi connectivity index (χ3n) is 3.38. The number of amides is 1. The molecule has 0 bridgehead atoms. The minimum Gasteiger partial charge on any atom is -0.465 e. The zero-order valence-corrected chi connectivity index (χ0v) is 15.1. The van der Waals surface area contributed by atoms with E-state index in [1.807, 2.05) is 0 Å². The molecule has 0 aromatic heterocycles. The maximum atomic E-state index is 12.3. The Morgan fingerprint density at radius 2 is 1.76 bits per heavy atom. The maximum absolute atomic E-state index is 12.3. The Balaban J connectivity index is 2.69. The molecule has 7 nitrogen and oxygen atoms in total. The number of primary amides is 1. The Morgan fingerprint density at radius 3 is 2.36 bits per heavy atom. The molecule has 1 aliphatic heterocycles. The molecule has 0 unspecified atom stereocenters. The summed E-state index contributed by atoms with van der Waals surface area (Å²) in [5, 5.41) is 0. The van der Waals surface area contributed by atoms with Gasteiger partial charge in [0.15, 0.2) is 0 Å². The number of carbonyl (C=O) groups is 3. The second-order valence-corrected chi connectivity index (χ2v) is 5.70. The van der Waals surface area contributed by atoms with Gasteiger partial charge in [-0.1, -0.05) is 6.08 Å². The smallest absolute Gasteiger partial charge is 0.355 e. The summed E-state index contributed by atoms with van der Waals surface area (Å²) < 4.78 is 10.1. The summed E-state index contributed by atoms with van der Waals surface area (Å²) in [5.41, 5.74) is 6.01. The fraction of sp³-hybridized carbons (Fsp3) is 0.118. The number of nitrogens with zero attached hydrogens (tertiary/aromatic N) is 1. The van der Waals surface area contributed by atoms with Gasteiger partial charge in [-0.05, 0) is 46.3 Å². The molecule has 0 saturated carbocycles. The average Bonchev–Trinajstić information content (AvgIpc) is 2.83. The third-order valence-corrected chi connectivity index (χ3v) is 4.07. The molecule has 0 fully saturated rings. The van der Waals surface area contributed by atoms with Crippen LogP contribution >= 0.6 is 15.9 Å². The SMILES string of the molecule is COC(=O)C1=C(C(=O)OC)N(c2ccc(Br)c(C(N)=O)c2)C=CC=C1. The normalized spacial score (nSPS) is 13.5. The lowest BCUT2D eigenvalue weighted by atomic mass is 10.1. The van der Waals surface area contributed by atoms with Crippen molar-refractivity contribution in [3.63, 3.8) is 0 Å². The molecule has 0 saturated heterocycles. The molecular formula is C17H15BrN2O5. The number of rotatable bonds is 4. The van der Waals surface area contributed by atoms with Crippen LogP contribution in [0.15, 0.2) is 58.4 Å². The molecule has 0 spiro atoms. The number of benzene rings is 1. The Kier molecular flexibility index (Phi) is 5.76. The van der Waals surface area contributed by atoms with Crippen LogP contribution in [0.25, 0.3) is 0 Å². The Morgan fingerprint density at radius 1 is 1.08 bits per heavy atom. The Labute approximate surface area is 152 Å². The van der Waals surface area contributed by atoms with Crippen LogP contribution in [0.3, 0.4) is 0 Å². The molecule has 25 heavy (non-hydrogen) atoms. The van der Waals surface area contributed by atoms with E-state index in [1.165, 1.54) is 31.3 Å². The lowest BCUT2D eigenvalue weighted by Crippen LogP contribution is -2.27. The first-order valence-electron chi connectivity index (χ1n) is 7.05. The summed E-state index contributed by atoms with van der Waals surface area (Å²) in [4.78, 5) is 37.4. The van der Waals surface area contributed by atoms with Crippen LogP contribution in [0.2, 0.25) is 0 Å². The zero-order valence-electron chi connectivity index (χ0n) is 13.5. The molecule has 8 heteroatoms. The van der Waals surface area contributed by atoms with Crippen molar-refractivity contribution >= 4 is 39.5 Å². The van der Waals surface area contributed by atoms with Gasteiger partial charge in [-0.3, -0.25) is 4.79 Å². The number of allylic oxidation sites excluding steroid dienone is 2. The summed E-state index contributed by atoms with van der Waals surface area (Å²) >= 11 is 3.25. The van der Waals surface area contributed by atoms with Crippen molar-refractivity contribution in [2.75, 3.05) is 19.1 Å². The first-order chi connectivity index (χ1) is 11.9. The van der Waals surface area contributed by atoms with Crippen molar-refractivity contribution in [3.8, 4) is 0 Å². The van der Waals surface area contributed by atoms with E-state index in [-0.39, 0.29) is 16.8 Å². The highest BCUT2D eigenvalue weighted by Gasteiger charge is 2.27. The molecular weight excluding hydrogens is 392 g/mol. The van der Waals surface area contributed by atoms with Gasteiger partial charge in [0.1, 0.15) is 5.70 Å². The topological polar surface area (TPSA) is 98.9 Å². The van der Waals surface area contributed by atoms with Gasteiger partial charge in [0, 0.05) is 16.4 Å². The van der Waals surface area contributed by atoms with E-state index in [2.05, 4.69) is 15.9 Å². The lowest BCUT2D eigenvalue weighted by Gasteiger charge is -2.23. The third kappa shape index (κ3) is 3.80. The van der Waals surface area contributed by atoms with Gasteiger partial charge >= 0.3 is 11.9 Å². The Bertz CT molecular complexity index is 826. The largest absolute Gasteiger partial charge is 0.465 e. The van der Waals surface area contributed by atoms with Crippen LogP contribution in [0.1, 0.15) is 10.4 Å². The van der Waals surface area contributed by atoms with E-state index < -0.39 is 17.8 Å². The quantitative estimate of drug-likeness (QED) is 0.768. The van der Waals surface area contributed by atoms with E-state index in [9.17, 15) is 14.4 Å². The van der Waals surface area contributed by atoms with Crippen LogP contribution in [0.4, 0.5) is 5.69 Å². The van der Waals surface area contributed by atoms with Crippen molar-refractivity contribution in [1.82, 2.24) is 0 Å². The predicted octanol–water partition coefficient (Wildman–Crippen LogP) is 2.04. The highest BCUT2D eigenvalue weighted by Crippen LogP contribution is 2.29. The highest BCUT2D eigenvalue weighted by atomic mass is 79.9. The number of nitrogens with two attached hydrogens (primary N) is 1. The van der Waals surface area contributed by atoms with Crippen molar-refractivity contribution in [1.29, 1.82) is 0 Å². The average molecular weight is 407 g/mol. The molecule has 0 atom stereocenters. The van der Waals surface area contributed by atoms with Crippen LogP contribution in [-0.2, 0) is 19.1 Å². The van der Waals surface area contributed by atoms with Crippen molar-refractivity contribution < 1.29 is 23.9 Å².